The maximum absolute atomic E-state index is 12.8. The number of aryl methyl sites for hydroxylation is 2. The van der Waals surface area contributed by atoms with Gasteiger partial charge in [-0.3, -0.25) is 4.79 Å². The van der Waals surface area contributed by atoms with Crippen LogP contribution in [0.4, 0.5) is 0 Å². The summed E-state index contributed by atoms with van der Waals surface area (Å²) in [6.45, 7) is 9.72. The third-order valence-electron chi connectivity index (χ3n) is 4.31. The van der Waals surface area contributed by atoms with Crippen molar-refractivity contribution in [2.45, 2.75) is 45.6 Å². The number of nitrogens with zero attached hydrogens (tertiary/aromatic N) is 1. The van der Waals surface area contributed by atoms with Crippen LogP contribution in [-0.2, 0) is 10.0 Å². The van der Waals surface area contributed by atoms with E-state index in [4.69, 9.17) is 4.42 Å². The minimum absolute atomic E-state index is 0.162. The fourth-order valence-electron chi connectivity index (χ4n) is 2.76. The third kappa shape index (κ3) is 4.16. The molecule has 7 heteroatoms. The van der Waals surface area contributed by atoms with Crippen LogP contribution in [0.5, 0.6) is 0 Å². The number of carbonyl (C=O) groups excluding carboxylic acids is 1. The molecular weight excluding hydrogens is 352 g/mol. The monoisotopic (exact) mass is 378 g/mol. The molecule has 0 saturated carbocycles. The van der Waals surface area contributed by atoms with Crippen LogP contribution < -0.4 is 5.32 Å². The Morgan fingerprint density at radius 2 is 1.81 bits per heavy atom. The molecule has 0 saturated heterocycles. The van der Waals surface area contributed by atoms with Crippen LogP contribution >= 0.6 is 0 Å². The quantitative estimate of drug-likeness (QED) is 0.801. The fourth-order valence-corrected chi connectivity index (χ4v) is 4.47. The molecule has 0 aliphatic rings. The van der Waals surface area contributed by atoms with E-state index >= 15 is 0 Å². The molecule has 6 nitrogen and oxygen atoms in total. The maximum Gasteiger partial charge on any atom is 0.251 e. The average Bonchev–Trinajstić information content (AvgIpc) is 3.02. The second-order valence-electron chi connectivity index (χ2n) is 6.21. The van der Waals surface area contributed by atoms with Crippen LogP contribution in [-0.4, -0.2) is 31.7 Å². The topological polar surface area (TPSA) is 79.6 Å². The normalized spacial score (nSPS) is 13.0. The van der Waals surface area contributed by atoms with Gasteiger partial charge in [-0.2, -0.15) is 4.31 Å². The molecule has 1 N–H and O–H groups in total. The van der Waals surface area contributed by atoms with E-state index in [1.165, 1.54) is 10.4 Å². The Labute approximate surface area is 155 Å². The first-order valence-electron chi connectivity index (χ1n) is 8.68. The minimum Gasteiger partial charge on any atom is -0.464 e. The number of carbonyl (C=O) groups is 1. The van der Waals surface area contributed by atoms with Crippen molar-refractivity contribution < 1.29 is 17.6 Å². The number of amides is 1. The second kappa shape index (κ2) is 8.05. The van der Waals surface area contributed by atoms with Gasteiger partial charge in [0.25, 0.3) is 5.91 Å². The zero-order valence-corrected chi connectivity index (χ0v) is 16.7. The summed E-state index contributed by atoms with van der Waals surface area (Å²) in [5.74, 6) is 1.07. The van der Waals surface area contributed by atoms with Crippen molar-refractivity contribution in [2.75, 3.05) is 13.1 Å². The van der Waals surface area contributed by atoms with Crippen molar-refractivity contribution >= 4 is 15.9 Å². The van der Waals surface area contributed by atoms with Gasteiger partial charge >= 0.3 is 0 Å². The molecule has 1 atom stereocenters. The Balaban J connectivity index is 2.29. The maximum atomic E-state index is 12.8. The van der Waals surface area contributed by atoms with Gasteiger partial charge in [0.05, 0.1) is 10.9 Å². The van der Waals surface area contributed by atoms with E-state index < -0.39 is 10.0 Å². The largest absolute Gasteiger partial charge is 0.464 e. The van der Waals surface area contributed by atoms with Gasteiger partial charge in [0.2, 0.25) is 10.0 Å². The number of rotatable bonds is 7. The second-order valence-corrected chi connectivity index (χ2v) is 8.12. The number of benzene rings is 1. The highest BCUT2D eigenvalue weighted by Gasteiger charge is 2.25. The smallest absolute Gasteiger partial charge is 0.251 e. The lowest BCUT2D eigenvalue weighted by Gasteiger charge is -2.20. The van der Waals surface area contributed by atoms with Crippen LogP contribution in [0.25, 0.3) is 0 Å². The lowest BCUT2D eigenvalue weighted by atomic mass is 10.1. The molecule has 0 spiro atoms. The summed E-state index contributed by atoms with van der Waals surface area (Å²) < 4.78 is 32.5. The van der Waals surface area contributed by atoms with Crippen LogP contribution in [0.3, 0.4) is 0 Å². The van der Waals surface area contributed by atoms with Crippen LogP contribution in [0, 0.1) is 13.8 Å². The van der Waals surface area contributed by atoms with Crippen molar-refractivity contribution in [1.29, 1.82) is 0 Å². The molecule has 1 aromatic carbocycles. The van der Waals surface area contributed by atoms with Gasteiger partial charge < -0.3 is 9.73 Å². The molecule has 142 valence electrons. The number of hydrogen-bond acceptors (Lipinski definition) is 4. The molecular formula is C19H26N2O4S. The molecule has 2 rings (SSSR count). The van der Waals surface area contributed by atoms with Gasteiger partial charge in [0, 0.05) is 18.7 Å². The first-order chi connectivity index (χ1) is 12.2. The number of hydrogen-bond donors (Lipinski definition) is 1. The van der Waals surface area contributed by atoms with Gasteiger partial charge in [-0.15, -0.1) is 0 Å². The van der Waals surface area contributed by atoms with E-state index in [-0.39, 0.29) is 16.8 Å². The Morgan fingerprint density at radius 3 is 2.35 bits per heavy atom. The first kappa shape index (κ1) is 20.2. The van der Waals surface area contributed by atoms with E-state index in [1.807, 2.05) is 26.0 Å². The average molecular weight is 378 g/mol. The minimum atomic E-state index is -3.63. The SMILES string of the molecule is CCN(CC)S(=O)(=O)c1cc(C(=O)NC(C)c2ccc(C)o2)ccc1C. The Morgan fingerprint density at radius 1 is 1.15 bits per heavy atom. The molecule has 0 radical (unpaired) electrons. The number of sulfonamides is 1. The lowest BCUT2D eigenvalue weighted by molar-refractivity contribution is 0.0935. The summed E-state index contributed by atoms with van der Waals surface area (Å²) in [6.07, 6.45) is 0. The highest BCUT2D eigenvalue weighted by molar-refractivity contribution is 7.89. The molecule has 0 aliphatic heterocycles. The number of furan rings is 1. The molecule has 1 unspecified atom stereocenters. The zero-order valence-electron chi connectivity index (χ0n) is 15.9. The highest BCUT2D eigenvalue weighted by atomic mass is 32.2. The Hall–Kier alpha value is -2.12. The van der Waals surface area contributed by atoms with Gasteiger partial charge in [-0.05, 0) is 50.6 Å². The van der Waals surface area contributed by atoms with Gasteiger partial charge in [-0.25, -0.2) is 8.42 Å². The summed E-state index contributed by atoms with van der Waals surface area (Å²) in [7, 11) is -3.63. The molecule has 2 aromatic rings. The Kier molecular flexibility index (Phi) is 6.26. The predicted octanol–water partition coefficient (Wildman–Crippen LogP) is 3.42. The summed E-state index contributed by atoms with van der Waals surface area (Å²) in [5, 5.41) is 2.84. The van der Waals surface area contributed by atoms with Crippen molar-refractivity contribution in [2.24, 2.45) is 0 Å². The van der Waals surface area contributed by atoms with Gasteiger partial charge in [0.1, 0.15) is 11.5 Å². The van der Waals surface area contributed by atoms with E-state index in [0.717, 1.165) is 5.76 Å². The summed E-state index contributed by atoms with van der Waals surface area (Å²) >= 11 is 0. The summed E-state index contributed by atoms with van der Waals surface area (Å²) in [4.78, 5) is 12.7. The van der Waals surface area contributed by atoms with E-state index in [2.05, 4.69) is 5.32 Å². The first-order valence-corrected chi connectivity index (χ1v) is 10.1. The van der Waals surface area contributed by atoms with Crippen molar-refractivity contribution in [1.82, 2.24) is 9.62 Å². The van der Waals surface area contributed by atoms with Gasteiger partial charge in [-0.1, -0.05) is 19.9 Å². The van der Waals surface area contributed by atoms with Crippen molar-refractivity contribution in [3.8, 4) is 0 Å². The predicted molar refractivity (Wildman–Crippen MR) is 101 cm³/mol. The highest BCUT2D eigenvalue weighted by Crippen LogP contribution is 2.22. The molecule has 0 bridgehead atoms. The number of nitrogens with one attached hydrogen (secondary N) is 1. The van der Waals surface area contributed by atoms with E-state index in [0.29, 0.717) is 30.0 Å². The molecule has 26 heavy (non-hydrogen) atoms. The summed E-state index contributed by atoms with van der Waals surface area (Å²) in [5.41, 5.74) is 0.916. The molecule has 0 aliphatic carbocycles. The zero-order chi connectivity index (χ0) is 19.5. The van der Waals surface area contributed by atoms with Crippen LogP contribution in [0.1, 0.15) is 54.3 Å². The molecule has 1 aromatic heterocycles. The van der Waals surface area contributed by atoms with E-state index in [9.17, 15) is 13.2 Å². The lowest BCUT2D eigenvalue weighted by Crippen LogP contribution is -2.31. The molecule has 1 amide bonds. The van der Waals surface area contributed by atoms with Crippen LogP contribution in [0.2, 0.25) is 0 Å². The van der Waals surface area contributed by atoms with Crippen molar-refractivity contribution in [3.63, 3.8) is 0 Å². The fraction of sp³-hybridized carbons (Fsp3) is 0.421. The van der Waals surface area contributed by atoms with Crippen molar-refractivity contribution in [3.05, 3.63) is 53.0 Å². The summed E-state index contributed by atoms with van der Waals surface area (Å²) in [6, 6.07) is 8.06. The third-order valence-corrected chi connectivity index (χ3v) is 6.50. The standard InChI is InChI=1S/C19H26N2O4S/c1-6-21(7-2)26(23,24)18-12-16(10-8-13(18)3)19(22)20-15(5)17-11-9-14(4)25-17/h8-12,15H,6-7H2,1-5H3,(H,20,22). The van der Waals surface area contributed by atoms with E-state index in [1.54, 1.807) is 32.9 Å². The molecule has 1 heterocycles. The molecule has 0 fully saturated rings. The van der Waals surface area contributed by atoms with Gasteiger partial charge in [0.15, 0.2) is 0 Å². The Bertz CT molecular complexity index is 883. The van der Waals surface area contributed by atoms with Crippen LogP contribution in [0.15, 0.2) is 39.6 Å².